The molecule has 1 atom stereocenters. The second-order valence-electron chi connectivity index (χ2n) is 3.46. The summed E-state index contributed by atoms with van der Waals surface area (Å²) in [6.07, 6.45) is 0.945. The van der Waals surface area contributed by atoms with E-state index in [0.717, 1.165) is 6.29 Å². The van der Waals surface area contributed by atoms with E-state index in [0.29, 0.717) is 24.8 Å². The molecule has 1 unspecified atom stereocenters. The molecule has 0 spiro atoms. The van der Waals surface area contributed by atoms with Crippen molar-refractivity contribution in [2.24, 2.45) is 0 Å². The molecule has 0 fully saturated rings. The lowest BCUT2D eigenvalue weighted by Gasteiger charge is -2.33. The van der Waals surface area contributed by atoms with Crippen molar-refractivity contribution in [3.05, 3.63) is 0 Å². The molecule has 0 aliphatic carbocycles. The molecule has 0 aromatic rings. The van der Waals surface area contributed by atoms with Crippen LogP contribution in [-0.2, 0) is 13.9 Å². The highest BCUT2D eigenvalue weighted by Crippen LogP contribution is 2.52. The number of carbonyl (C=O) groups excluding carboxylic acids is 1. The lowest BCUT2D eigenvalue weighted by atomic mass is 10.5. The van der Waals surface area contributed by atoms with E-state index in [-0.39, 0.29) is 13.0 Å². The molecule has 0 bridgehead atoms. The Morgan fingerprint density at radius 3 is 2.12 bits per heavy atom. The molecule has 17 heavy (non-hydrogen) atoms. The zero-order chi connectivity index (χ0) is 13.3. The van der Waals surface area contributed by atoms with Crippen molar-refractivity contribution in [1.82, 2.24) is 9.34 Å². The van der Waals surface area contributed by atoms with E-state index < -0.39 is 7.67 Å². The van der Waals surface area contributed by atoms with Gasteiger partial charge in [-0.3, -0.25) is 4.57 Å². The van der Waals surface area contributed by atoms with Crippen LogP contribution in [0.15, 0.2) is 0 Å². The Labute approximate surface area is 113 Å². The molecule has 0 aliphatic heterocycles. The van der Waals surface area contributed by atoms with Gasteiger partial charge in [0.1, 0.15) is 6.29 Å². The highest BCUT2D eigenvalue weighted by Gasteiger charge is 2.33. The average molecular weight is 305 g/mol. The van der Waals surface area contributed by atoms with Crippen LogP contribution in [0.2, 0.25) is 0 Å². The summed E-state index contributed by atoms with van der Waals surface area (Å²) in [6, 6.07) is 0. The van der Waals surface area contributed by atoms with E-state index in [4.69, 9.17) is 27.7 Å². The normalized spacial score (nSPS) is 15.2. The first-order valence-electron chi connectivity index (χ1n) is 5.26. The number of rotatable bonds is 10. The zero-order valence-corrected chi connectivity index (χ0v) is 12.5. The summed E-state index contributed by atoms with van der Waals surface area (Å²) < 4.78 is 21.2. The summed E-state index contributed by atoms with van der Waals surface area (Å²) in [5, 5.41) is 0. The number of hydrogen-bond donors (Lipinski definition) is 0. The molecule has 0 radical (unpaired) electrons. The van der Waals surface area contributed by atoms with Crippen LogP contribution >= 0.6 is 30.9 Å². The third-order valence-corrected chi connectivity index (χ3v) is 5.03. The molecule has 0 aromatic carbocycles. The second-order valence-corrected chi connectivity index (χ2v) is 6.82. The van der Waals surface area contributed by atoms with Gasteiger partial charge in [-0.2, -0.15) is 0 Å². The minimum Gasteiger partial charge on any atom is -0.305 e. The lowest BCUT2D eigenvalue weighted by molar-refractivity contribution is -0.108. The number of nitrogens with zero attached hydrogens (tertiary/aromatic N) is 2. The molecule has 0 heterocycles. The SMILES string of the molecule is CN(C)P(=O)(OCCC=O)N(CCCl)CCCl. The number of carbonyl (C=O) groups is 1. The van der Waals surface area contributed by atoms with Gasteiger partial charge in [0, 0.05) is 31.3 Å². The lowest BCUT2D eigenvalue weighted by Crippen LogP contribution is -2.32. The van der Waals surface area contributed by atoms with Crippen molar-refractivity contribution in [2.45, 2.75) is 6.42 Å². The molecule has 0 rings (SSSR count). The molecule has 0 amide bonds. The number of hydrogen-bond acceptors (Lipinski definition) is 3. The molecule has 0 saturated carbocycles. The summed E-state index contributed by atoms with van der Waals surface area (Å²) in [6.45, 7) is 0.968. The summed E-state index contributed by atoms with van der Waals surface area (Å²) in [7, 11) is 0.202. The minimum absolute atomic E-state index is 0.125. The average Bonchev–Trinajstić information content (AvgIpc) is 2.28. The highest BCUT2D eigenvalue weighted by atomic mass is 35.5. The molecule has 0 saturated heterocycles. The molecule has 0 aromatic heterocycles. The maximum atomic E-state index is 12.7. The Morgan fingerprint density at radius 2 is 1.76 bits per heavy atom. The van der Waals surface area contributed by atoms with Gasteiger partial charge in [-0.15, -0.1) is 23.2 Å². The Kier molecular flexibility index (Phi) is 9.51. The monoisotopic (exact) mass is 304 g/mol. The van der Waals surface area contributed by atoms with Gasteiger partial charge in [-0.05, 0) is 14.1 Å². The number of halogens is 2. The molecule has 5 nitrogen and oxygen atoms in total. The predicted octanol–water partition coefficient (Wildman–Crippen LogP) is 2.04. The van der Waals surface area contributed by atoms with Gasteiger partial charge < -0.3 is 9.32 Å². The van der Waals surface area contributed by atoms with Crippen molar-refractivity contribution in [1.29, 1.82) is 0 Å². The van der Waals surface area contributed by atoms with E-state index in [1.54, 1.807) is 18.8 Å². The van der Waals surface area contributed by atoms with Gasteiger partial charge in [0.2, 0.25) is 0 Å². The molecule has 102 valence electrons. The van der Waals surface area contributed by atoms with Crippen molar-refractivity contribution in [3.63, 3.8) is 0 Å². The van der Waals surface area contributed by atoms with Crippen LogP contribution in [0.3, 0.4) is 0 Å². The van der Waals surface area contributed by atoms with E-state index in [1.165, 1.54) is 4.67 Å². The fourth-order valence-electron chi connectivity index (χ4n) is 1.23. The summed E-state index contributed by atoms with van der Waals surface area (Å²) in [5.74, 6) is 0.678. The first-order valence-corrected chi connectivity index (χ1v) is 7.86. The molecule has 0 N–H and O–H groups in total. The summed E-state index contributed by atoms with van der Waals surface area (Å²) in [4.78, 5) is 10.2. The molecule has 8 heteroatoms. The van der Waals surface area contributed by atoms with Gasteiger partial charge in [0.15, 0.2) is 0 Å². The smallest absolute Gasteiger partial charge is 0.305 e. The maximum Gasteiger partial charge on any atom is 0.345 e. The second kappa shape index (κ2) is 9.31. The van der Waals surface area contributed by atoms with E-state index >= 15 is 0 Å². The van der Waals surface area contributed by atoms with Gasteiger partial charge in [-0.25, -0.2) is 9.34 Å². The Morgan fingerprint density at radius 1 is 1.24 bits per heavy atom. The summed E-state index contributed by atoms with van der Waals surface area (Å²) >= 11 is 11.3. The van der Waals surface area contributed by atoms with Crippen LogP contribution in [0.1, 0.15) is 6.42 Å². The maximum absolute atomic E-state index is 12.7. The predicted molar refractivity (Wildman–Crippen MR) is 70.9 cm³/mol. The highest BCUT2D eigenvalue weighted by molar-refractivity contribution is 7.53. The fourth-order valence-corrected chi connectivity index (χ4v) is 3.82. The van der Waals surface area contributed by atoms with Gasteiger partial charge in [-0.1, -0.05) is 0 Å². The standard InChI is InChI=1S/C9H19Cl2N2O3P/c1-12(2)17(15,16-9-3-8-14)13(6-4-10)7-5-11/h8H,3-7,9H2,1-2H3. The quantitative estimate of drug-likeness (QED) is 0.267. The molecular weight excluding hydrogens is 286 g/mol. The Hall–Kier alpha value is 0.360. The third-order valence-electron chi connectivity index (χ3n) is 2.04. The first-order chi connectivity index (χ1) is 8.02. The Bertz CT molecular complexity index is 261. The largest absolute Gasteiger partial charge is 0.345 e. The summed E-state index contributed by atoms with van der Waals surface area (Å²) in [5.41, 5.74) is 0. The van der Waals surface area contributed by atoms with Crippen LogP contribution < -0.4 is 0 Å². The third kappa shape index (κ3) is 5.69. The van der Waals surface area contributed by atoms with Crippen molar-refractivity contribution in [2.75, 3.05) is 45.6 Å². The topological polar surface area (TPSA) is 49.9 Å². The molecular formula is C9H19Cl2N2O3P. The minimum atomic E-state index is -3.13. The van der Waals surface area contributed by atoms with Crippen molar-refractivity contribution in [3.8, 4) is 0 Å². The first kappa shape index (κ1) is 17.4. The van der Waals surface area contributed by atoms with Crippen LogP contribution in [-0.4, -0.2) is 61.2 Å². The zero-order valence-electron chi connectivity index (χ0n) is 10.1. The van der Waals surface area contributed by atoms with Gasteiger partial charge >= 0.3 is 7.67 Å². The Balaban J connectivity index is 4.73. The van der Waals surface area contributed by atoms with Crippen LogP contribution in [0.25, 0.3) is 0 Å². The van der Waals surface area contributed by atoms with E-state index in [1.807, 2.05) is 0 Å². The van der Waals surface area contributed by atoms with Crippen molar-refractivity contribution < 1.29 is 13.9 Å². The fraction of sp³-hybridized carbons (Fsp3) is 0.889. The van der Waals surface area contributed by atoms with Gasteiger partial charge in [0.05, 0.1) is 6.61 Å². The van der Waals surface area contributed by atoms with Crippen LogP contribution in [0, 0.1) is 0 Å². The number of alkyl halides is 2. The molecule has 0 aliphatic rings. The van der Waals surface area contributed by atoms with E-state index in [9.17, 15) is 9.36 Å². The van der Waals surface area contributed by atoms with Crippen molar-refractivity contribution >= 4 is 37.2 Å². The van der Waals surface area contributed by atoms with Crippen LogP contribution in [0.5, 0.6) is 0 Å². The number of aldehydes is 1. The van der Waals surface area contributed by atoms with E-state index in [2.05, 4.69) is 0 Å². The van der Waals surface area contributed by atoms with Gasteiger partial charge in [0.25, 0.3) is 0 Å². The van der Waals surface area contributed by atoms with Crippen LogP contribution in [0.4, 0.5) is 0 Å².